The summed E-state index contributed by atoms with van der Waals surface area (Å²) in [6.07, 6.45) is 23.5. The molecular weight excluding hydrogens is 524 g/mol. The predicted octanol–water partition coefficient (Wildman–Crippen LogP) is 9.85. The van der Waals surface area contributed by atoms with E-state index >= 15 is 0 Å². The minimum Gasteiger partial charge on any atom is -0.311 e. The Morgan fingerprint density at radius 3 is 0.721 bits per heavy atom. The van der Waals surface area contributed by atoms with E-state index in [1.54, 1.807) is 37.2 Å². The molecule has 3 aromatic carbocycles. The molecule has 3 aromatic heterocycles. The Kier molecular flexibility index (Phi) is 8.68. The van der Waals surface area contributed by atoms with Crippen molar-refractivity contribution in [1.82, 2.24) is 15.0 Å². The summed E-state index contributed by atoms with van der Waals surface area (Å²) in [4.78, 5) is 14.6. The summed E-state index contributed by atoms with van der Waals surface area (Å²) in [5, 5.41) is 0. The Morgan fingerprint density at radius 2 is 0.488 bits per heavy atom. The van der Waals surface area contributed by atoms with Crippen LogP contribution in [0.1, 0.15) is 33.4 Å². The number of hydrogen-bond donors (Lipinski definition) is 0. The lowest BCUT2D eigenvalue weighted by Gasteiger charge is -2.26. The predicted molar refractivity (Wildman–Crippen MR) is 181 cm³/mol. The normalized spacial score (nSPS) is 11.4. The second kappa shape index (κ2) is 13.7. The third-order valence-corrected chi connectivity index (χ3v) is 6.98. The molecule has 0 saturated heterocycles. The van der Waals surface area contributed by atoms with Crippen molar-refractivity contribution >= 4 is 53.5 Å². The molecule has 6 aromatic rings. The highest BCUT2D eigenvalue weighted by Crippen LogP contribution is 2.35. The summed E-state index contributed by atoms with van der Waals surface area (Å²) < 4.78 is 0. The maximum atomic E-state index is 4.10. The van der Waals surface area contributed by atoms with E-state index in [0.717, 1.165) is 50.4 Å². The third kappa shape index (κ3) is 7.46. The van der Waals surface area contributed by atoms with Gasteiger partial charge in [0.1, 0.15) is 0 Å². The van der Waals surface area contributed by atoms with E-state index in [9.17, 15) is 0 Å². The van der Waals surface area contributed by atoms with Gasteiger partial charge in [0, 0.05) is 54.2 Å². The van der Waals surface area contributed by atoms with Crippen LogP contribution in [0.15, 0.2) is 146 Å². The van der Waals surface area contributed by atoms with Gasteiger partial charge in [-0.25, -0.2) is 0 Å². The molecule has 206 valence electrons. The lowest BCUT2D eigenvalue weighted by Crippen LogP contribution is -2.09. The van der Waals surface area contributed by atoms with Crippen LogP contribution in [0.3, 0.4) is 0 Å². The number of anilines is 3. The van der Waals surface area contributed by atoms with Crippen molar-refractivity contribution in [1.29, 1.82) is 0 Å². The van der Waals surface area contributed by atoms with E-state index in [2.05, 4.69) is 129 Å². The number of hydrogen-bond acceptors (Lipinski definition) is 4. The maximum absolute atomic E-state index is 4.10. The Morgan fingerprint density at radius 1 is 0.279 bits per heavy atom. The standard InChI is InChI=1S/C39H30N4/c1(4-34-19-25-40-26-20-34)31-7-13-37(14-8-31)43(38-15-9-32(10-16-38)2-5-35-21-27-41-28-22-35)39-17-11-33(12-18-39)3-6-36-23-29-42-30-24-36/h1-30H/b4-1+,5-2+,6-3+. The molecule has 0 bridgehead atoms. The summed E-state index contributed by atoms with van der Waals surface area (Å²) in [7, 11) is 0. The SMILES string of the molecule is C(=C\c1ccc(N(c2ccc(/C=C/c3ccncc3)cc2)c2ccc(/C=C/c3ccncc3)cc2)cc1)/c1ccncc1. The molecule has 0 spiro atoms. The van der Waals surface area contributed by atoms with Crippen molar-refractivity contribution in [3.63, 3.8) is 0 Å². The highest BCUT2D eigenvalue weighted by molar-refractivity contribution is 5.80. The van der Waals surface area contributed by atoms with Gasteiger partial charge >= 0.3 is 0 Å². The molecule has 43 heavy (non-hydrogen) atoms. The summed E-state index contributed by atoms with van der Waals surface area (Å²) in [6.45, 7) is 0. The molecule has 0 unspecified atom stereocenters. The largest absolute Gasteiger partial charge is 0.311 e. The van der Waals surface area contributed by atoms with E-state index in [-0.39, 0.29) is 0 Å². The lowest BCUT2D eigenvalue weighted by atomic mass is 10.1. The first-order valence-electron chi connectivity index (χ1n) is 14.1. The van der Waals surface area contributed by atoms with Crippen molar-refractivity contribution in [2.75, 3.05) is 4.90 Å². The fraction of sp³-hybridized carbons (Fsp3) is 0. The molecule has 0 fully saturated rings. The zero-order valence-electron chi connectivity index (χ0n) is 23.6. The first-order valence-corrected chi connectivity index (χ1v) is 14.1. The zero-order chi connectivity index (χ0) is 29.1. The van der Waals surface area contributed by atoms with E-state index in [1.165, 1.54) is 0 Å². The number of benzene rings is 3. The number of nitrogens with zero attached hydrogens (tertiary/aromatic N) is 4. The van der Waals surface area contributed by atoms with Gasteiger partial charge in [0.2, 0.25) is 0 Å². The fourth-order valence-electron chi connectivity index (χ4n) is 4.65. The molecule has 3 heterocycles. The third-order valence-electron chi connectivity index (χ3n) is 6.98. The van der Waals surface area contributed by atoms with Gasteiger partial charge in [0.25, 0.3) is 0 Å². The molecule has 4 nitrogen and oxygen atoms in total. The molecule has 0 radical (unpaired) electrons. The summed E-state index contributed by atoms with van der Waals surface area (Å²) in [5.74, 6) is 0. The molecule has 0 N–H and O–H groups in total. The van der Waals surface area contributed by atoms with Crippen LogP contribution < -0.4 is 4.90 Å². The molecule has 0 saturated carbocycles. The second-order valence-corrected chi connectivity index (χ2v) is 9.95. The van der Waals surface area contributed by atoms with Gasteiger partial charge in [-0.3, -0.25) is 15.0 Å². The van der Waals surface area contributed by atoms with Crippen LogP contribution in [0.2, 0.25) is 0 Å². The Balaban J connectivity index is 1.28. The quantitative estimate of drug-likeness (QED) is 0.178. The Labute approximate surface area is 252 Å². The van der Waals surface area contributed by atoms with Gasteiger partial charge in [-0.05, 0) is 106 Å². The van der Waals surface area contributed by atoms with Gasteiger partial charge in [0.05, 0.1) is 0 Å². The molecule has 0 amide bonds. The van der Waals surface area contributed by atoms with Gasteiger partial charge in [0.15, 0.2) is 0 Å². The van der Waals surface area contributed by atoms with Crippen molar-refractivity contribution < 1.29 is 0 Å². The van der Waals surface area contributed by atoms with E-state index < -0.39 is 0 Å². The molecule has 0 aliphatic rings. The number of rotatable bonds is 9. The van der Waals surface area contributed by atoms with Crippen LogP contribution in [0, 0.1) is 0 Å². The Bertz CT molecular complexity index is 1590. The highest BCUT2D eigenvalue weighted by Gasteiger charge is 2.12. The van der Waals surface area contributed by atoms with Gasteiger partial charge in [-0.1, -0.05) is 72.9 Å². The van der Waals surface area contributed by atoms with Crippen LogP contribution in [-0.4, -0.2) is 15.0 Å². The molecule has 0 atom stereocenters. The number of pyridine rings is 3. The molecular formula is C39H30N4. The molecule has 4 heteroatoms. The summed E-state index contributed by atoms with van der Waals surface area (Å²) in [5.41, 5.74) is 10.0. The monoisotopic (exact) mass is 554 g/mol. The highest BCUT2D eigenvalue weighted by atomic mass is 15.1. The van der Waals surface area contributed by atoms with Crippen molar-refractivity contribution in [2.45, 2.75) is 0 Å². The van der Waals surface area contributed by atoms with Crippen molar-refractivity contribution in [2.24, 2.45) is 0 Å². The van der Waals surface area contributed by atoms with Gasteiger partial charge in [-0.2, -0.15) is 0 Å². The van der Waals surface area contributed by atoms with Gasteiger partial charge in [-0.15, -0.1) is 0 Å². The maximum Gasteiger partial charge on any atom is 0.0462 e. The molecule has 0 aliphatic carbocycles. The van der Waals surface area contributed by atoms with Crippen molar-refractivity contribution in [3.05, 3.63) is 180 Å². The van der Waals surface area contributed by atoms with Gasteiger partial charge < -0.3 is 4.90 Å². The van der Waals surface area contributed by atoms with Crippen LogP contribution in [-0.2, 0) is 0 Å². The summed E-state index contributed by atoms with van der Waals surface area (Å²) in [6, 6.07) is 37.9. The van der Waals surface area contributed by atoms with Crippen LogP contribution in [0.25, 0.3) is 36.5 Å². The molecule has 0 aliphatic heterocycles. The van der Waals surface area contributed by atoms with Crippen LogP contribution >= 0.6 is 0 Å². The average Bonchev–Trinajstić information content (AvgIpc) is 3.09. The van der Waals surface area contributed by atoms with E-state index in [0.29, 0.717) is 0 Å². The van der Waals surface area contributed by atoms with E-state index in [4.69, 9.17) is 0 Å². The van der Waals surface area contributed by atoms with Crippen LogP contribution in [0.5, 0.6) is 0 Å². The van der Waals surface area contributed by atoms with E-state index in [1.807, 2.05) is 36.4 Å². The topological polar surface area (TPSA) is 41.9 Å². The minimum absolute atomic E-state index is 1.08. The molecule has 6 rings (SSSR count). The number of aromatic nitrogens is 3. The first-order chi connectivity index (χ1) is 21.3. The first kappa shape index (κ1) is 27.3. The smallest absolute Gasteiger partial charge is 0.0462 e. The average molecular weight is 555 g/mol. The lowest BCUT2D eigenvalue weighted by molar-refractivity contribution is 1.28. The second-order valence-electron chi connectivity index (χ2n) is 9.95. The van der Waals surface area contributed by atoms with Crippen LogP contribution in [0.4, 0.5) is 17.1 Å². The fourth-order valence-corrected chi connectivity index (χ4v) is 4.65. The summed E-state index contributed by atoms with van der Waals surface area (Å²) >= 11 is 0. The zero-order valence-corrected chi connectivity index (χ0v) is 23.6. The minimum atomic E-state index is 1.08. The van der Waals surface area contributed by atoms with Crippen molar-refractivity contribution in [3.8, 4) is 0 Å². The Hall–Kier alpha value is -5.87.